The minimum atomic E-state index is -0.932. The molecule has 0 aliphatic carbocycles. The molecule has 0 spiro atoms. The maximum atomic E-state index is 5.73. The van der Waals surface area contributed by atoms with Crippen molar-refractivity contribution in [1.82, 2.24) is 40.4 Å². The monoisotopic (exact) mass is 462 g/mol. The number of ether oxygens (including phenoxy) is 2. The second-order valence-electron chi connectivity index (χ2n) is 8.02. The van der Waals surface area contributed by atoms with Crippen LogP contribution in [0.5, 0.6) is 0 Å². The number of nitrogens with one attached hydrogen (secondary N) is 1. The summed E-state index contributed by atoms with van der Waals surface area (Å²) >= 11 is 0. The lowest BCUT2D eigenvalue weighted by Crippen LogP contribution is -2.32. The van der Waals surface area contributed by atoms with Crippen LogP contribution in [0.4, 0.5) is 0 Å². The average Bonchev–Trinajstić information content (AvgIpc) is 3.55. The number of tetrazole rings is 1. The fourth-order valence-corrected chi connectivity index (χ4v) is 4.05. The Morgan fingerprint density at radius 1 is 1.00 bits per heavy atom. The van der Waals surface area contributed by atoms with Crippen LogP contribution >= 0.6 is 0 Å². The van der Waals surface area contributed by atoms with Crippen molar-refractivity contribution < 1.29 is 9.47 Å². The van der Waals surface area contributed by atoms with Crippen LogP contribution < -0.4 is 0 Å². The Morgan fingerprint density at radius 2 is 1.79 bits per heavy atom. The van der Waals surface area contributed by atoms with Crippen molar-refractivity contribution >= 4 is 0 Å². The molecule has 10 heteroatoms. The Kier molecular flexibility index (Phi) is 7.39. The van der Waals surface area contributed by atoms with Gasteiger partial charge < -0.3 is 9.47 Å². The standard InChI is InChI=1S/C24H30N8O2/c1-5-12-24(33-3,34-4)23-26-21(32(29-23)14-6-2)15-17-7-9-18(10-8-17)20-16-25-13-11-19(20)22-27-30-31-28-22/h7-11,13,16H,5-6,12,14-15H2,1-4H3,(H,27,28,30,31). The van der Waals surface area contributed by atoms with E-state index in [2.05, 4.69) is 63.7 Å². The Morgan fingerprint density at radius 3 is 2.44 bits per heavy atom. The van der Waals surface area contributed by atoms with Gasteiger partial charge in [0, 0.05) is 57.1 Å². The van der Waals surface area contributed by atoms with Gasteiger partial charge in [0.15, 0.2) is 0 Å². The van der Waals surface area contributed by atoms with Crippen molar-refractivity contribution in [3.8, 4) is 22.5 Å². The first-order valence-electron chi connectivity index (χ1n) is 11.5. The molecule has 4 rings (SSSR count). The summed E-state index contributed by atoms with van der Waals surface area (Å²) in [6.07, 6.45) is 6.70. The van der Waals surface area contributed by atoms with E-state index in [0.29, 0.717) is 24.5 Å². The summed E-state index contributed by atoms with van der Waals surface area (Å²) in [5.74, 6) is 1.05. The topological polar surface area (TPSA) is 117 Å². The maximum absolute atomic E-state index is 5.73. The number of aryl methyl sites for hydroxylation is 1. The second-order valence-corrected chi connectivity index (χ2v) is 8.02. The van der Waals surface area contributed by atoms with Crippen LogP contribution in [0.1, 0.15) is 50.3 Å². The SMILES string of the molecule is CCCn1nc(C(CCC)(OC)OC)nc1Cc1ccc(-c2cnccc2-c2nn[nH]n2)cc1. The molecular weight excluding hydrogens is 432 g/mol. The number of benzene rings is 1. The highest BCUT2D eigenvalue weighted by atomic mass is 16.7. The minimum Gasteiger partial charge on any atom is -0.347 e. The molecule has 3 aromatic heterocycles. The van der Waals surface area contributed by atoms with E-state index in [4.69, 9.17) is 19.6 Å². The molecule has 0 radical (unpaired) electrons. The van der Waals surface area contributed by atoms with E-state index >= 15 is 0 Å². The van der Waals surface area contributed by atoms with Gasteiger partial charge in [-0.1, -0.05) is 44.5 Å². The normalized spacial score (nSPS) is 11.8. The number of aromatic nitrogens is 8. The van der Waals surface area contributed by atoms with Crippen molar-refractivity contribution in [2.75, 3.05) is 14.2 Å². The summed E-state index contributed by atoms with van der Waals surface area (Å²) in [6.45, 7) is 4.99. The van der Waals surface area contributed by atoms with Gasteiger partial charge in [-0.25, -0.2) is 9.67 Å². The molecule has 1 N–H and O–H groups in total. The highest BCUT2D eigenvalue weighted by Crippen LogP contribution is 2.31. The number of H-pyrrole nitrogens is 1. The van der Waals surface area contributed by atoms with Crippen LogP contribution in [0.25, 0.3) is 22.5 Å². The van der Waals surface area contributed by atoms with Gasteiger partial charge >= 0.3 is 0 Å². The molecule has 34 heavy (non-hydrogen) atoms. The molecule has 10 nitrogen and oxygen atoms in total. The zero-order chi connectivity index (χ0) is 24.0. The van der Waals surface area contributed by atoms with E-state index < -0.39 is 5.79 Å². The van der Waals surface area contributed by atoms with E-state index in [9.17, 15) is 0 Å². The number of rotatable bonds is 11. The summed E-state index contributed by atoms with van der Waals surface area (Å²) in [4.78, 5) is 9.13. The molecule has 0 aliphatic rings. The minimum absolute atomic E-state index is 0.536. The first-order chi connectivity index (χ1) is 16.6. The van der Waals surface area contributed by atoms with Crippen LogP contribution in [0, 0.1) is 0 Å². The molecule has 178 valence electrons. The lowest BCUT2D eigenvalue weighted by atomic mass is 9.99. The zero-order valence-electron chi connectivity index (χ0n) is 20.0. The Balaban J connectivity index is 1.62. The highest BCUT2D eigenvalue weighted by molar-refractivity contribution is 5.79. The van der Waals surface area contributed by atoms with Gasteiger partial charge in [-0.05, 0) is 28.8 Å². The molecule has 0 unspecified atom stereocenters. The van der Waals surface area contributed by atoms with Crippen molar-refractivity contribution in [3.05, 3.63) is 59.9 Å². The smallest absolute Gasteiger partial charge is 0.231 e. The van der Waals surface area contributed by atoms with E-state index in [1.807, 2.05) is 16.9 Å². The van der Waals surface area contributed by atoms with E-state index in [-0.39, 0.29) is 0 Å². The molecule has 0 atom stereocenters. The summed E-state index contributed by atoms with van der Waals surface area (Å²) in [5.41, 5.74) is 3.96. The van der Waals surface area contributed by atoms with Gasteiger partial charge in [-0.3, -0.25) is 4.98 Å². The van der Waals surface area contributed by atoms with E-state index in [0.717, 1.165) is 47.5 Å². The van der Waals surface area contributed by atoms with Gasteiger partial charge in [0.1, 0.15) is 5.82 Å². The maximum Gasteiger partial charge on any atom is 0.231 e. The first kappa shape index (κ1) is 23.7. The number of methoxy groups -OCH3 is 2. The van der Waals surface area contributed by atoms with Gasteiger partial charge in [0.2, 0.25) is 17.4 Å². The van der Waals surface area contributed by atoms with Gasteiger partial charge in [-0.15, -0.1) is 10.2 Å². The number of pyridine rings is 1. The van der Waals surface area contributed by atoms with Crippen molar-refractivity contribution in [3.63, 3.8) is 0 Å². The molecule has 0 saturated heterocycles. The van der Waals surface area contributed by atoms with Gasteiger partial charge in [0.05, 0.1) is 0 Å². The number of nitrogens with zero attached hydrogens (tertiary/aromatic N) is 7. The Bertz CT molecular complexity index is 1180. The predicted molar refractivity (Wildman–Crippen MR) is 127 cm³/mol. The number of hydrogen-bond acceptors (Lipinski definition) is 8. The molecule has 4 aromatic rings. The molecule has 3 heterocycles. The number of aromatic amines is 1. The largest absolute Gasteiger partial charge is 0.347 e. The second kappa shape index (κ2) is 10.6. The summed E-state index contributed by atoms with van der Waals surface area (Å²) in [5, 5.41) is 19.2. The van der Waals surface area contributed by atoms with Crippen molar-refractivity contribution in [2.45, 2.75) is 51.9 Å². The third-order valence-corrected chi connectivity index (χ3v) is 5.80. The fraction of sp³-hybridized carbons (Fsp3) is 0.417. The molecule has 1 aromatic carbocycles. The first-order valence-corrected chi connectivity index (χ1v) is 11.5. The predicted octanol–water partition coefficient (Wildman–Crippen LogP) is 3.77. The van der Waals surface area contributed by atoms with Gasteiger partial charge in [-0.2, -0.15) is 10.3 Å². The molecule has 0 bridgehead atoms. The molecule has 0 saturated carbocycles. The third-order valence-electron chi connectivity index (χ3n) is 5.80. The molecule has 0 fully saturated rings. The van der Waals surface area contributed by atoms with E-state index in [1.54, 1.807) is 20.4 Å². The summed E-state index contributed by atoms with van der Waals surface area (Å²) < 4.78 is 13.4. The van der Waals surface area contributed by atoms with Crippen molar-refractivity contribution in [2.24, 2.45) is 0 Å². The van der Waals surface area contributed by atoms with Crippen LogP contribution in [0.3, 0.4) is 0 Å². The molecule has 0 amide bonds. The van der Waals surface area contributed by atoms with Crippen molar-refractivity contribution in [1.29, 1.82) is 0 Å². The van der Waals surface area contributed by atoms with Crippen LogP contribution in [-0.4, -0.2) is 54.6 Å². The van der Waals surface area contributed by atoms with E-state index in [1.165, 1.54) is 0 Å². The van der Waals surface area contributed by atoms with Crippen LogP contribution in [0.15, 0.2) is 42.7 Å². The van der Waals surface area contributed by atoms with Crippen LogP contribution in [0.2, 0.25) is 0 Å². The number of hydrogen-bond donors (Lipinski definition) is 1. The summed E-state index contributed by atoms with van der Waals surface area (Å²) in [6, 6.07) is 10.2. The quantitative estimate of drug-likeness (QED) is 0.335. The highest BCUT2D eigenvalue weighted by Gasteiger charge is 2.36. The third kappa shape index (κ3) is 4.73. The zero-order valence-corrected chi connectivity index (χ0v) is 20.0. The van der Waals surface area contributed by atoms with Crippen LogP contribution in [-0.2, 0) is 28.2 Å². The fourth-order valence-electron chi connectivity index (χ4n) is 4.05. The lowest BCUT2D eigenvalue weighted by Gasteiger charge is -2.27. The summed E-state index contributed by atoms with van der Waals surface area (Å²) in [7, 11) is 3.28. The molecular formula is C24H30N8O2. The lowest BCUT2D eigenvalue weighted by molar-refractivity contribution is -0.225. The Hall–Kier alpha value is -3.50. The van der Waals surface area contributed by atoms with Gasteiger partial charge in [0.25, 0.3) is 0 Å². The average molecular weight is 463 g/mol. The molecule has 0 aliphatic heterocycles. The Labute approximate surface area is 198 Å².